The maximum Gasteiger partial charge on any atom is 0.416 e. The van der Waals surface area contributed by atoms with Crippen LogP contribution in [0.3, 0.4) is 0 Å². The molecule has 0 bridgehead atoms. The van der Waals surface area contributed by atoms with Crippen molar-refractivity contribution in [1.82, 2.24) is 0 Å². The normalized spacial score (nSPS) is 13.7. The molecule has 2 nitrogen and oxygen atoms in total. The van der Waals surface area contributed by atoms with Gasteiger partial charge in [-0.3, -0.25) is 4.79 Å². The molecule has 1 heterocycles. The minimum Gasteiger partial charge on any atom is -0.274 e. The number of carbonyl (C=O) groups is 1. The lowest BCUT2D eigenvalue weighted by Gasteiger charge is -2.14. The second-order valence-electron chi connectivity index (χ2n) is 5.04. The molecule has 0 radical (unpaired) electrons. The van der Waals surface area contributed by atoms with Crippen LogP contribution in [0, 0.1) is 5.82 Å². The Kier molecular flexibility index (Phi) is 3.72. The lowest BCUT2D eigenvalue weighted by molar-refractivity contribution is -0.138. The largest absolute Gasteiger partial charge is 0.416 e. The summed E-state index contributed by atoms with van der Waals surface area (Å²) in [6, 6.07) is 7.49. The van der Waals surface area contributed by atoms with Gasteiger partial charge in [0.05, 0.1) is 11.3 Å². The van der Waals surface area contributed by atoms with E-state index in [0.717, 1.165) is 18.2 Å². The van der Waals surface area contributed by atoms with Crippen LogP contribution < -0.4 is 0 Å². The smallest absolute Gasteiger partial charge is 0.274 e. The van der Waals surface area contributed by atoms with Crippen LogP contribution in [0.1, 0.15) is 11.1 Å². The van der Waals surface area contributed by atoms with E-state index in [-0.39, 0.29) is 28.9 Å². The molecule has 0 aromatic heterocycles. The van der Waals surface area contributed by atoms with Crippen LogP contribution in [-0.2, 0) is 17.4 Å². The molecule has 0 saturated carbocycles. The first kappa shape index (κ1) is 15.7. The molecule has 0 atom stereocenters. The second kappa shape index (κ2) is 5.45. The standard InChI is InChI=1S/C16H8ClF4NO/c17-15(23)14-7-11-12(16(19,20)21)5-9(6-13(11)22-14)8-1-3-10(18)4-2-8/h1-6H,7H2. The van der Waals surface area contributed by atoms with Gasteiger partial charge in [0.1, 0.15) is 11.5 Å². The van der Waals surface area contributed by atoms with E-state index in [0.29, 0.717) is 5.56 Å². The number of hydrogen-bond donors (Lipinski definition) is 0. The van der Waals surface area contributed by atoms with Crippen molar-refractivity contribution in [3.05, 3.63) is 53.3 Å². The van der Waals surface area contributed by atoms with Gasteiger partial charge >= 0.3 is 6.18 Å². The summed E-state index contributed by atoms with van der Waals surface area (Å²) in [5, 5.41) is -0.877. The van der Waals surface area contributed by atoms with Crippen LogP contribution in [0.15, 0.2) is 41.4 Å². The highest BCUT2D eigenvalue weighted by molar-refractivity contribution is 6.82. The third-order valence-electron chi connectivity index (χ3n) is 3.54. The topological polar surface area (TPSA) is 29.4 Å². The number of halogens is 5. The molecule has 0 saturated heterocycles. The molecular formula is C16H8ClF4NO. The van der Waals surface area contributed by atoms with Crippen molar-refractivity contribution in [2.75, 3.05) is 0 Å². The molecule has 23 heavy (non-hydrogen) atoms. The minimum absolute atomic E-state index is 0.0585. The average molecular weight is 342 g/mol. The summed E-state index contributed by atoms with van der Waals surface area (Å²) in [4.78, 5) is 15.1. The second-order valence-corrected chi connectivity index (χ2v) is 5.38. The van der Waals surface area contributed by atoms with Gasteiger partial charge in [-0.1, -0.05) is 12.1 Å². The van der Waals surface area contributed by atoms with E-state index in [1.54, 1.807) is 0 Å². The van der Waals surface area contributed by atoms with E-state index in [2.05, 4.69) is 4.99 Å². The summed E-state index contributed by atoms with van der Waals surface area (Å²) in [5.41, 5.74) is -0.353. The highest BCUT2D eigenvalue weighted by Gasteiger charge is 2.37. The predicted molar refractivity (Wildman–Crippen MR) is 78.5 cm³/mol. The van der Waals surface area contributed by atoms with Crippen LogP contribution in [0.5, 0.6) is 0 Å². The van der Waals surface area contributed by atoms with E-state index in [1.807, 2.05) is 0 Å². The Morgan fingerprint density at radius 2 is 1.74 bits per heavy atom. The Hall–Kier alpha value is -2.21. The third kappa shape index (κ3) is 2.99. The van der Waals surface area contributed by atoms with Crippen molar-refractivity contribution in [2.45, 2.75) is 12.6 Å². The van der Waals surface area contributed by atoms with Gasteiger partial charge in [-0.2, -0.15) is 13.2 Å². The van der Waals surface area contributed by atoms with Gasteiger partial charge in [0, 0.05) is 6.42 Å². The fourth-order valence-electron chi connectivity index (χ4n) is 2.47. The number of benzene rings is 2. The van der Waals surface area contributed by atoms with E-state index in [9.17, 15) is 22.4 Å². The summed E-state index contributed by atoms with van der Waals surface area (Å²) < 4.78 is 52.9. The van der Waals surface area contributed by atoms with E-state index >= 15 is 0 Å². The molecule has 0 spiro atoms. The molecule has 1 aliphatic heterocycles. The molecule has 7 heteroatoms. The fraction of sp³-hybridized carbons (Fsp3) is 0.125. The first-order chi connectivity index (χ1) is 10.8. The quantitative estimate of drug-likeness (QED) is 0.564. The van der Waals surface area contributed by atoms with Crippen LogP contribution in [-0.4, -0.2) is 11.0 Å². The van der Waals surface area contributed by atoms with Gasteiger partial charge in [0.2, 0.25) is 0 Å². The van der Waals surface area contributed by atoms with E-state index in [1.165, 1.54) is 18.2 Å². The molecule has 0 N–H and O–H groups in total. The fourth-order valence-corrected chi connectivity index (χ4v) is 2.58. The van der Waals surface area contributed by atoms with Crippen molar-refractivity contribution < 1.29 is 22.4 Å². The number of fused-ring (bicyclic) bond motifs is 1. The van der Waals surface area contributed by atoms with Gasteiger partial charge in [-0.25, -0.2) is 9.38 Å². The van der Waals surface area contributed by atoms with Crippen molar-refractivity contribution in [1.29, 1.82) is 0 Å². The maximum absolute atomic E-state index is 13.3. The molecule has 0 unspecified atom stereocenters. The molecule has 0 amide bonds. The molecule has 118 valence electrons. The molecule has 1 aliphatic rings. The number of rotatable bonds is 2. The van der Waals surface area contributed by atoms with Crippen LogP contribution in [0.25, 0.3) is 11.1 Å². The molecule has 0 aliphatic carbocycles. The molecule has 2 aromatic carbocycles. The van der Waals surface area contributed by atoms with Gasteiger partial charge in [0.15, 0.2) is 0 Å². The van der Waals surface area contributed by atoms with Crippen molar-refractivity contribution in [3.8, 4) is 11.1 Å². The summed E-state index contributed by atoms with van der Waals surface area (Å²) in [6.45, 7) is 0. The number of carbonyl (C=O) groups excluding carboxylic acids is 1. The number of nitrogens with zero attached hydrogens (tertiary/aromatic N) is 1. The van der Waals surface area contributed by atoms with Gasteiger partial charge in [0.25, 0.3) is 5.24 Å². The first-order valence-corrected chi connectivity index (χ1v) is 6.91. The summed E-state index contributed by atoms with van der Waals surface area (Å²) in [7, 11) is 0. The van der Waals surface area contributed by atoms with E-state index in [4.69, 9.17) is 11.6 Å². The monoisotopic (exact) mass is 341 g/mol. The number of alkyl halides is 3. The Bertz CT molecular complexity index is 825. The van der Waals surface area contributed by atoms with Gasteiger partial charge in [-0.05, 0) is 52.6 Å². The zero-order chi connectivity index (χ0) is 16.8. The Labute approximate surface area is 133 Å². The van der Waals surface area contributed by atoms with Crippen molar-refractivity contribution >= 4 is 28.2 Å². The van der Waals surface area contributed by atoms with Gasteiger partial charge in [-0.15, -0.1) is 0 Å². The highest BCUT2D eigenvalue weighted by Crippen LogP contribution is 2.42. The summed E-state index contributed by atoms with van der Waals surface area (Å²) in [6.07, 6.45) is -4.85. The summed E-state index contributed by atoms with van der Waals surface area (Å²) >= 11 is 5.32. The summed E-state index contributed by atoms with van der Waals surface area (Å²) in [5.74, 6) is -0.487. The SMILES string of the molecule is O=C(Cl)C1=Nc2cc(-c3ccc(F)cc3)cc(C(F)(F)F)c2C1. The minimum atomic E-state index is -4.60. The van der Waals surface area contributed by atoms with Crippen LogP contribution in [0.4, 0.5) is 23.2 Å². The number of aliphatic imine (C=N–C) groups is 1. The van der Waals surface area contributed by atoms with Crippen LogP contribution in [0.2, 0.25) is 0 Å². The van der Waals surface area contributed by atoms with Crippen molar-refractivity contribution in [2.24, 2.45) is 4.99 Å². The lowest BCUT2D eigenvalue weighted by atomic mass is 9.96. The highest BCUT2D eigenvalue weighted by atomic mass is 35.5. The molecular weight excluding hydrogens is 334 g/mol. The lowest BCUT2D eigenvalue weighted by Crippen LogP contribution is -2.12. The Balaban J connectivity index is 2.18. The zero-order valence-electron chi connectivity index (χ0n) is 11.4. The van der Waals surface area contributed by atoms with Crippen molar-refractivity contribution in [3.63, 3.8) is 0 Å². The Morgan fingerprint density at radius 3 is 2.30 bits per heavy atom. The average Bonchev–Trinajstić information content (AvgIpc) is 2.90. The first-order valence-electron chi connectivity index (χ1n) is 6.53. The number of hydrogen-bond acceptors (Lipinski definition) is 2. The third-order valence-corrected chi connectivity index (χ3v) is 3.75. The zero-order valence-corrected chi connectivity index (χ0v) is 12.2. The molecule has 3 rings (SSSR count). The van der Waals surface area contributed by atoms with Crippen LogP contribution >= 0.6 is 11.6 Å². The molecule has 0 fully saturated rings. The predicted octanol–water partition coefficient (Wildman–Crippen LogP) is 4.91. The molecule has 2 aromatic rings. The Morgan fingerprint density at radius 1 is 1.09 bits per heavy atom. The maximum atomic E-state index is 13.3. The van der Waals surface area contributed by atoms with E-state index < -0.39 is 22.8 Å². The van der Waals surface area contributed by atoms with Gasteiger partial charge < -0.3 is 0 Å².